The maximum absolute atomic E-state index is 14.0. The maximum Gasteiger partial charge on any atom is 0.416 e. The number of nitrogens with zero attached hydrogens (tertiary/aromatic N) is 4. The zero-order chi connectivity index (χ0) is 28.3. The fraction of sp³-hybridized carbons (Fsp3) is 0.429. The molecular weight excluding hydrogens is 559 g/mol. The topological polar surface area (TPSA) is 79.6 Å². The Hall–Kier alpha value is -3.25. The third-order valence-corrected chi connectivity index (χ3v) is 9.86. The number of hydrogen-bond donors (Lipinski definition) is 1. The van der Waals surface area contributed by atoms with E-state index in [1.54, 1.807) is 29.2 Å². The molecule has 0 radical (unpaired) electrons. The number of halogens is 3. The molecule has 4 atom stereocenters. The summed E-state index contributed by atoms with van der Waals surface area (Å²) >= 11 is 2.66. The van der Waals surface area contributed by atoms with E-state index < -0.39 is 11.7 Å². The van der Waals surface area contributed by atoms with Crippen LogP contribution in [0.5, 0.6) is 0 Å². The Morgan fingerprint density at radius 1 is 1.18 bits per heavy atom. The normalized spacial score (nSPS) is 22.7. The Morgan fingerprint density at radius 3 is 2.75 bits per heavy atom. The van der Waals surface area contributed by atoms with Crippen molar-refractivity contribution in [3.63, 3.8) is 0 Å². The molecule has 6 rings (SSSR count). The van der Waals surface area contributed by atoms with Crippen LogP contribution in [0.4, 0.5) is 13.2 Å². The number of fused-ring (bicyclic) bond motifs is 2. The summed E-state index contributed by atoms with van der Waals surface area (Å²) in [6.45, 7) is 6.56. The molecule has 1 saturated heterocycles. The summed E-state index contributed by atoms with van der Waals surface area (Å²) in [6.07, 6.45) is -0.734. The number of amides is 2. The molecule has 1 aliphatic carbocycles. The fourth-order valence-corrected chi connectivity index (χ4v) is 8.10. The Balaban J connectivity index is 1.29. The van der Waals surface area contributed by atoms with Gasteiger partial charge in [-0.2, -0.15) is 13.2 Å². The molecule has 4 aromatic rings. The first-order chi connectivity index (χ1) is 19.0. The molecule has 4 heterocycles. The van der Waals surface area contributed by atoms with Gasteiger partial charge in [0.15, 0.2) is 4.96 Å². The lowest BCUT2D eigenvalue weighted by atomic mass is 9.93. The van der Waals surface area contributed by atoms with Gasteiger partial charge in [-0.15, -0.1) is 22.7 Å². The summed E-state index contributed by atoms with van der Waals surface area (Å²) in [5, 5.41) is 5.53. The summed E-state index contributed by atoms with van der Waals surface area (Å²) in [4.78, 5) is 39.2. The van der Waals surface area contributed by atoms with Gasteiger partial charge in [-0.25, -0.2) is 9.97 Å². The highest BCUT2D eigenvalue weighted by molar-refractivity contribution is 7.15. The molecule has 2 aliphatic rings. The SMILES string of the molecule is Cc1nc(C(=O)N2C[C@@H]3CC(C)C[C@@H]3[C@H]2CNC(=O)c2c(C)nc3sccn23)c(-c2cccc(C(F)(F)F)c2)s1. The van der Waals surface area contributed by atoms with Crippen LogP contribution < -0.4 is 5.32 Å². The minimum atomic E-state index is -4.49. The van der Waals surface area contributed by atoms with Crippen molar-refractivity contribution in [2.75, 3.05) is 13.1 Å². The van der Waals surface area contributed by atoms with Gasteiger partial charge in [-0.05, 0) is 62.1 Å². The van der Waals surface area contributed by atoms with Crippen LogP contribution >= 0.6 is 22.7 Å². The molecule has 40 heavy (non-hydrogen) atoms. The van der Waals surface area contributed by atoms with Gasteiger partial charge in [0, 0.05) is 24.7 Å². The number of carbonyl (C=O) groups is 2. The molecular formula is C28H28F3N5O2S2. The average Bonchev–Trinajstić information content (AvgIpc) is 3.69. The van der Waals surface area contributed by atoms with Crippen LogP contribution in [-0.4, -0.2) is 50.2 Å². The second-order valence-corrected chi connectivity index (χ2v) is 12.9. The lowest BCUT2D eigenvalue weighted by molar-refractivity contribution is -0.137. The predicted octanol–water partition coefficient (Wildman–Crippen LogP) is 6.07. The quantitative estimate of drug-likeness (QED) is 0.307. The van der Waals surface area contributed by atoms with Gasteiger partial charge >= 0.3 is 6.18 Å². The standard InChI is InChI=1S/C28H28F3N5O2S2/c1-14-9-18-13-36(21(20(18)10-14)12-32-25(37)23-15(2)33-27-35(23)7-8-39-27)26(38)22-24(40-16(3)34-22)17-5-4-6-19(11-17)28(29,30)31/h4-8,11,14,18,20-21H,9-10,12-13H2,1-3H3,(H,32,37)/t14?,18-,20-,21+/m0/s1. The van der Waals surface area contributed by atoms with E-state index in [2.05, 4.69) is 22.2 Å². The van der Waals surface area contributed by atoms with E-state index in [9.17, 15) is 22.8 Å². The molecule has 1 aliphatic heterocycles. The first-order valence-electron chi connectivity index (χ1n) is 13.2. The summed E-state index contributed by atoms with van der Waals surface area (Å²) in [6, 6.07) is 4.78. The van der Waals surface area contributed by atoms with Crippen molar-refractivity contribution in [1.82, 2.24) is 24.6 Å². The average molecular weight is 588 g/mol. The van der Waals surface area contributed by atoms with Crippen molar-refractivity contribution in [3.05, 3.63) is 63.5 Å². The van der Waals surface area contributed by atoms with Gasteiger partial charge in [0.1, 0.15) is 11.4 Å². The van der Waals surface area contributed by atoms with E-state index in [4.69, 9.17) is 0 Å². The van der Waals surface area contributed by atoms with E-state index in [1.807, 2.05) is 11.6 Å². The van der Waals surface area contributed by atoms with Gasteiger partial charge in [-0.1, -0.05) is 19.1 Å². The second-order valence-electron chi connectivity index (χ2n) is 10.8. The van der Waals surface area contributed by atoms with Crippen molar-refractivity contribution in [3.8, 4) is 10.4 Å². The lowest BCUT2D eigenvalue weighted by Crippen LogP contribution is -2.46. The van der Waals surface area contributed by atoms with Crippen LogP contribution in [0, 0.1) is 31.6 Å². The van der Waals surface area contributed by atoms with Gasteiger partial charge in [0.2, 0.25) is 0 Å². The first kappa shape index (κ1) is 26.9. The van der Waals surface area contributed by atoms with Gasteiger partial charge in [0.05, 0.1) is 27.2 Å². The van der Waals surface area contributed by atoms with Gasteiger partial charge < -0.3 is 10.2 Å². The van der Waals surface area contributed by atoms with Crippen LogP contribution in [0.25, 0.3) is 15.4 Å². The number of nitrogens with one attached hydrogen (secondary N) is 1. The molecule has 1 N–H and O–H groups in total. The highest BCUT2D eigenvalue weighted by Crippen LogP contribution is 2.46. The molecule has 210 valence electrons. The van der Waals surface area contributed by atoms with E-state index in [-0.39, 0.29) is 36.0 Å². The maximum atomic E-state index is 14.0. The zero-order valence-corrected chi connectivity index (χ0v) is 23.8. The third-order valence-electron chi connectivity index (χ3n) is 8.08. The van der Waals surface area contributed by atoms with Crippen molar-refractivity contribution in [2.24, 2.45) is 17.8 Å². The molecule has 1 saturated carbocycles. The number of hydrogen-bond acceptors (Lipinski definition) is 6. The third kappa shape index (κ3) is 4.70. The first-order valence-corrected chi connectivity index (χ1v) is 14.9. The second kappa shape index (κ2) is 9.99. The van der Waals surface area contributed by atoms with Gasteiger partial charge in [0.25, 0.3) is 11.8 Å². The molecule has 3 aromatic heterocycles. The van der Waals surface area contributed by atoms with Gasteiger partial charge in [-0.3, -0.25) is 14.0 Å². The summed E-state index contributed by atoms with van der Waals surface area (Å²) < 4.78 is 42.0. The number of rotatable bonds is 5. The summed E-state index contributed by atoms with van der Waals surface area (Å²) in [5.41, 5.74) is 0.829. The van der Waals surface area contributed by atoms with Crippen LogP contribution in [0.1, 0.15) is 57.0 Å². The number of aromatic nitrogens is 3. The Morgan fingerprint density at radius 2 is 1.98 bits per heavy atom. The van der Waals surface area contributed by atoms with Crippen molar-refractivity contribution < 1.29 is 22.8 Å². The van der Waals surface area contributed by atoms with E-state index in [0.717, 1.165) is 29.9 Å². The molecule has 1 unspecified atom stereocenters. The number of aryl methyl sites for hydroxylation is 2. The number of benzene rings is 1. The smallest absolute Gasteiger partial charge is 0.349 e. The van der Waals surface area contributed by atoms with Crippen LogP contribution in [0.15, 0.2) is 35.8 Å². The molecule has 0 spiro atoms. The predicted molar refractivity (Wildman–Crippen MR) is 148 cm³/mol. The molecule has 7 nitrogen and oxygen atoms in total. The summed E-state index contributed by atoms with van der Waals surface area (Å²) in [7, 11) is 0. The molecule has 1 aromatic carbocycles. The number of alkyl halides is 3. The van der Waals surface area contributed by atoms with Crippen LogP contribution in [0.2, 0.25) is 0 Å². The monoisotopic (exact) mass is 587 g/mol. The molecule has 2 fully saturated rings. The highest BCUT2D eigenvalue weighted by Gasteiger charge is 2.48. The van der Waals surface area contributed by atoms with Crippen molar-refractivity contribution in [2.45, 2.75) is 45.8 Å². The summed E-state index contributed by atoms with van der Waals surface area (Å²) in [5.74, 6) is 0.495. The number of carbonyl (C=O) groups excluding carboxylic acids is 2. The zero-order valence-electron chi connectivity index (χ0n) is 22.2. The Labute approximate surface area is 237 Å². The fourth-order valence-electron chi connectivity index (χ4n) is 6.43. The number of imidazole rings is 1. The molecule has 12 heteroatoms. The number of likely N-dealkylation sites (tertiary alicyclic amines) is 1. The minimum absolute atomic E-state index is 0.165. The minimum Gasteiger partial charge on any atom is -0.349 e. The molecule has 2 amide bonds. The van der Waals surface area contributed by atoms with Crippen molar-refractivity contribution in [1.29, 1.82) is 0 Å². The van der Waals surface area contributed by atoms with E-state index >= 15 is 0 Å². The highest BCUT2D eigenvalue weighted by atomic mass is 32.1. The largest absolute Gasteiger partial charge is 0.416 e. The molecule has 0 bridgehead atoms. The Kier molecular flexibility index (Phi) is 6.73. The van der Waals surface area contributed by atoms with E-state index in [1.165, 1.54) is 28.7 Å². The Bertz CT molecular complexity index is 1610. The van der Waals surface area contributed by atoms with Crippen LogP contribution in [0.3, 0.4) is 0 Å². The van der Waals surface area contributed by atoms with E-state index in [0.29, 0.717) is 45.2 Å². The van der Waals surface area contributed by atoms with Crippen LogP contribution in [-0.2, 0) is 6.18 Å². The number of thiazole rings is 2. The van der Waals surface area contributed by atoms with Crippen molar-refractivity contribution >= 4 is 39.4 Å². The lowest BCUT2D eigenvalue weighted by Gasteiger charge is -2.28.